The molecule has 0 unspecified atom stereocenters. The van der Waals surface area contributed by atoms with Crippen LogP contribution in [0.2, 0.25) is 0 Å². The highest BCUT2D eigenvalue weighted by Gasteiger charge is 2.33. The van der Waals surface area contributed by atoms with Gasteiger partial charge in [0.15, 0.2) is 0 Å². The third kappa shape index (κ3) is 4.19. The van der Waals surface area contributed by atoms with Crippen LogP contribution in [-0.4, -0.2) is 16.2 Å². The molecule has 0 aliphatic carbocycles. The predicted molar refractivity (Wildman–Crippen MR) is 77.4 cm³/mol. The Balaban J connectivity index is 2.22. The minimum absolute atomic E-state index is 0.0634. The van der Waals surface area contributed by atoms with Crippen molar-refractivity contribution in [1.29, 1.82) is 0 Å². The SMILES string of the molecule is O=[N+]([O-])c1cc(C(F)(F)F)ccc1NN=Cc1ccc(O)cc1. The summed E-state index contributed by atoms with van der Waals surface area (Å²) in [4.78, 5) is 9.97. The number of alkyl halides is 3. The molecule has 0 spiro atoms. The summed E-state index contributed by atoms with van der Waals surface area (Å²) in [5.41, 5.74) is 0.906. The minimum atomic E-state index is -4.67. The van der Waals surface area contributed by atoms with Crippen molar-refractivity contribution >= 4 is 17.6 Å². The maximum Gasteiger partial charge on any atom is 0.416 e. The Morgan fingerprint density at radius 3 is 2.39 bits per heavy atom. The molecule has 0 amide bonds. The van der Waals surface area contributed by atoms with E-state index in [1.807, 2.05) is 0 Å². The first-order valence-corrected chi connectivity index (χ1v) is 6.21. The zero-order valence-electron chi connectivity index (χ0n) is 11.4. The van der Waals surface area contributed by atoms with Crippen molar-refractivity contribution in [1.82, 2.24) is 0 Å². The molecule has 23 heavy (non-hydrogen) atoms. The van der Waals surface area contributed by atoms with Gasteiger partial charge >= 0.3 is 6.18 Å². The van der Waals surface area contributed by atoms with E-state index in [4.69, 9.17) is 5.11 Å². The number of halogens is 3. The maximum absolute atomic E-state index is 12.6. The van der Waals surface area contributed by atoms with Crippen LogP contribution in [0.3, 0.4) is 0 Å². The van der Waals surface area contributed by atoms with E-state index in [0.29, 0.717) is 11.6 Å². The molecule has 0 aliphatic rings. The lowest BCUT2D eigenvalue weighted by Gasteiger charge is -2.08. The van der Waals surface area contributed by atoms with Crippen molar-refractivity contribution in [2.24, 2.45) is 5.10 Å². The molecule has 2 rings (SSSR count). The molecule has 9 heteroatoms. The summed E-state index contributed by atoms with van der Waals surface area (Å²) in [6.45, 7) is 0. The van der Waals surface area contributed by atoms with Gasteiger partial charge in [0.25, 0.3) is 5.69 Å². The number of nitro benzene ring substituents is 1. The topological polar surface area (TPSA) is 87.8 Å². The number of benzene rings is 2. The standard InChI is InChI=1S/C14H10F3N3O3/c15-14(16,17)10-3-6-12(13(7-10)20(22)23)19-18-8-9-1-4-11(21)5-2-9/h1-8,19,21H. The van der Waals surface area contributed by atoms with E-state index in [9.17, 15) is 23.3 Å². The van der Waals surface area contributed by atoms with Crippen molar-refractivity contribution < 1.29 is 23.2 Å². The number of hydrazone groups is 1. The molecule has 6 nitrogen and oxygen atoms in total. The second-order valence-corrected chi connectivity index (χ2v) is 4.45. The van der Waals surface area contributed by atoms with Gasteiger partial charge in [-0.05, 0) is 42.0 Å². The van der Waals surface area contributed by atoms with E-state index in [2.05, 4.69) is 10.5 Å². The van der Waals surface area contributed by atoms with Crippen LogP contribution in [0, 0.1) is 10.1 Å². The summed E-state index contributed by atoms with van der Waals surface area (Å²) in [7, 11) is 0. The Bertz CT molecular complexity index is 743. The number of anilines is 1. The number of rotatable bonds is 4. The highest BCUT2D eigenvalue weighted by atomic mass is 19.4. The summed E-state index contributed by atoms with van der Waals surface area (Å²) in [5.74, 6) is 0.0634. The molecule has 2 N–H and O–H groups in total. The third-order valence-electron chi connectivity index (χ3n) is 2.81. The van der Waals surface area contributed by atoms with Gasteiger partial charge in [0.2, 0.25) is 0 Å². The fourth-order valence-electron chi connectivity index (χ4n) is 1.69. The lowest BCUT2D eigenvalue weighted by Crippen LogP contribution is -2.06. The Morgan fingerprint density at radius 2 is 1.83 bits per heavy atom. The molecule has 0 saturated heterocycles. The number of hydrogen-bond acceptors (Lipinski definition) is 5. The van der Waals surface area contributed by atoms with E-state index in [1.165, 1.54) is 18.3 Å². The average molecular weight is 325 g/mol. The predicted octanol–water partition coefficient (Wildman–Crippen LogP) is 3.77. The number of phenolic OH excluding ortho intramolecular Hbond substituents is 1. The Hall–Kier alpha value is -3.10. The summed E-state index contributed by atoms with van der Waals surface area (Å²) in [6, 6.07) is 8.03. The molecule has 0 heterocycles. The molecule has 120 valence electrons. The molecule has 0 aliphatic heterocycles. The molecule has 0 radical (unpaired) electrons. The molecule has 0 saturated carbocycles. The molecule has 0 aromatic heterocycles. The van der Waals surface area contributed by atoms with Crippen molar-refractivity contribution in [3.63, 3.8) is 0 Å². The van der Waals surface area contributed by atoms with Gasteiger partial charge in [0.05, 0.1) is 16.7 Å². The largest absolute Gasteiger partial charge is 0.508 e. The fourth-order valence-corrected chi connectivity index (χ4v) is 1.69. The van der Waals surface area contributed by atoms with Crippen LogP contribution in [-0.2, 0) is 6.18 Å². The smallest absolute Gasteiger partial charge is 0.416 e. The van der Waals surface area contributed by atoms with Crippen LogP contribution in [0.15, 0.2) is 47.6 Å². The zero-order valence-corrected chi connectivity index (χ0v) is 11.4. The van der Waals surface area contributed by atoms with Crippen LogP contribution in [0.5, 0.6) is 5.75 Å². The lowest BCUT2D eigenvalue weighted by atomic mass is 10.1. The first kappa shape index (κ1) is 16.3. The third-order valence-corrected chi connectivity index (χ3v) is 2.81. The Kier molecular flexibility index (Phi) is 4.49. The monoisotopic (exact) mass is 325 g/mol. The van der Waals surface area contributed by atoms with Crippen LogP contribution < -0.4 is 5.43 Å². The molecule has 2 aromatic carbocycles. The molecular formula is C14H10F3N3O3. The van der Waals surface area contributed by atoms with Gasteiger partial charge in [0.1, 0.15) is 11.4 Å². The van der Waals surface area contributed by atoms with Crippen LogP contribution in [0.4, 0.5) is 24.5 Å². The van der Waals surface area contributed by atoms with Gasteiger partial charge in [0, 0.05) is 6.07 Å². The van der Waals surface area contributed by atoms with E-state index in [-0.39, 0.29) is 11.4 Å². The average Bonchev–Trinajstić information content (AvgIpc) is 2.48. The maximum atomic E-state index is 12.6. The number of phenols is 1. The highest BCUT2D eigenvalue weighted by Crippen LogP contribution is 2.34. The summed E-state index contributed by atoms with van der Waals surface area (Å²) in [5, 5.41) is 23.7. The van der Waals surface area contributed by atoms with Gasteiger partial charge in [-0.15, -0.1) is 0 Å². The first-order chi connectivity index (χ1) is 10.8. The number of nitrogens with zero attached hydrogens (tertiary/aromatic N) is 2. The second-order valence-electron chi connectivity index (χ2n) is 4.45. The van der Waals surface area contributed by atoms with Gasteiger partial charge in [-0.3, -0.25) is 15.5 Å². The highest BCUT2D eigenvalue weighted by molar-refractivity contribution is 5.80. The summed E-state index contributed by atoms with van der Waals surface area (Å²) < 4.78 is 37.7. The van der Waals surface area contributed by atoms with E-state index in [0.717, 1.165) is 12.1 Å². The summed E-state index contributed by atoms with van der Waals surface area (Å²) in [6.07, 6.45) is -3.36. The minimum Gasteiger partial charge on any atom is -0.508 e. The Labute approximate surface area is 128 Å². The number of nitrogens with one attached hydrogen (secondary N) is 1. The quantitative estimate of drug-likeness (QED) is 0.509. The van der Waals surface area contributed by atoms with E-state index in [1.54, 1.807) is 12.1 Å². The molecule has 2 aromatic rings. The first-order valence-electron chi connectivity index (χ1n) is 6.21. The van der Waals surface area contributed by atoms with E-state index >= 15 is 0 Å². The molecule has 0 bridgehead atoms. The normalized spacial score (nSPS) is 11.6. The van der Waals surface area contributed by atoms with Crippen molar-refractivity contribution in [2.75, 3.05) is 5.43 Å². The van der Waals surface area contributed by atoms with Gasteiger partial charge in [-0.2, -0.15) is 18.3 Å². The number of hydrogen-bond donors (Lipinski definition) is 2. The van der Waals surface area contributed by atoms with Crippen LogP contribution in [0.1, 0.15) is 11.1 Å². The van der Waals surface area contributed by atoms with Crippen molar-refractivity contribution in [2.45, 2.75) is 6.18 Å². The molecular weight excluding hydrogens is 315 g/mol. The van der Waals surface area contributed by atoms with E-state index < -0.39 is 22.4 Å². The second kappa shape index (κ2) is 6.34. The summed E-state index contributed by atoms with van der Waals surface area (Å²) >= 11 is 0. The fraction of sp³-hybridized carbons (Fsp3) is 0.0714. The van der Waals surface area contributed by atoms with Crippen LogP contribution >= 0.6 is 0 Å². The molecule has 0 atom stereocenters. The van der Waals surface area contributed by atoms with Gasteiger partial charge < -0.3 is 5.11 Å². The van der Waals surface area contributed by atoms with Gasteiger partial charge in [-0.25, -0.2) is 0 Å². The Morgan fingerprint density at radius 1 is 1.17 bits per heavy atom. The zero-order chi connectivity index (χ0) is 17.0. The lowest BCUT2D eigenvalue weighted by molar-refractivity contribution is -0.384. The molecule has 0 fully saturated rings. The van der Waals surface area contributed by atoms with Crippen molar-refractivity contribution in [3.8, 4) is 5.75 Å². The number of nitro groups is 1. The van der Waals surface area contributed by atoms with Crippen molar-refractivity contribution in [3.05, 3.63) is 63.7 Å². The number of aromatic hydroxyl groups is 1. The van der Waals surface area contributed by atoms with Gasteiger partial charge in [-0.1, -0.05) is 0 Å². The van der Waals surface area contributed by atoms with Crippen LogP contribution in [0.25, 0.3) is 0 Å².